The predicted octanol–water partition coefficient (Wildman–Crippen LogP) is 26.2. The van der Waals surface area contributed by atoms with Crippen molar-refractivity contribution in [3.8, 4) is 56.6 Å². The van der Waals surface area contributed by atoms with Gasteiger partial charge in [-0.15, -0.1) is 0 Å². The minimum Gasteiger partial charge on any atom is -0.711 e. The van der Waals surface area contributed by atoms with E-state index in [4.69, 9.17) is 0 Å². The summed E-state index contributed by atoms with van der Waals surface area (Å²) < 4.78 is 43.4. The maximum Gasteiger partial charge on any atom is 0.237 e. The Labute approximate surface area is 607 Å². The third-order valence-electron chi connectivity index (χ3n) is 19.6. The number of phenolic OH excluding ortho intramolecular Hbond substituents is 2. The van der Waals surface area contributed by atoms with Crippen LogP contribution >= 0.6 is 0 Å². The number of hydrogen-bond donors (Lipinski definition) is 2. The first-order valence-electron chi connectivity index (χ1n) is 34.2. The molecule has 0 atom stereocenters. The van der Waals surface area contributed by atoms with Crippen molar-refractivity contribution >= 4 is 43.6 Å². The molecule has 2 heterocycles. The molecule has 10 aromatic rings. The average Bonchev–Trinajstić information content (AvgIpc) is 1.53. The number of aromatic nitrogens is 2. The van der Waals surface area contributed by atoms with E-state index in [1.807, 2.05) is 13.8 Å². The summed E-state index contributed by atoms with van der Waals surface area (Å²) in [6.07, 6.45) is 2.13. The number of nitrogens with zero attached hydrogens (tertiary/aromatic N) is 2. The predicted molar refractivity (Wildman–Crippen MR) is 413 cm³/mol. The van der Waals surface area contributed by atoms with Crippen LogP contribution < -0.4 is 0 Å². The van der Waals surface area contributed by atoms with Crippen molar-refractivity contribution in [3.63, 3.8) is 0 Å². The molecule has 524 valence electrons. The minimum absolute atomic E-state index is 0. The molecule has 0 radical (unpaired) electrons. The van der Waals surface area contributed by atoms with Crippen LogP contribution in [0.2, 0.25) is 0 Å². The molecule has 0 bridgehead atoms. The molecule has 0 amide bonds. The molecule has 2 N–H and O–H groups in total. The van der Waals surface area contributed by atoms with Crippen LogP contribution in [0, 0.1) is 65.4 Å². The molecular formula is C89H114F2HfN2O4-2. The van der Waals surface area contributed by atoms with Gasteiger partial charge < -0.3 is 42.9 Å². The number of phenols is 2. The molecule has 0 aliphatic heterocycles. The Morgan fingerprint density at radius 2 is 0.633 bits per heavy atom. The quantitative estimate of drug-likeness (QED) is 0.0648. The van der Waals surface area contributed by atoms with Gasteiger partial charge >= 0.3 is 0 Å². The van der Waals surface area contributed by atoms with Gasteiger partial charge in [0.2, 0.25) is 11.5 Å². The smallest absolute Gasteiger partial charge is 0.237 e. The number of aryl methyl sites for hydroxylation is 2. The van der Waals surface area contributed by atoms with Gasteiger partial charge in [0.05, 0.1) is 44.6 Å². The molecular weight excluding hydrogens is 1380 g/mol. The second kappa shape index (κ2) is 27.3. The van der Waals surface area contributed by atoms with Crippen LogP contribution in [0.4, 0.5) is 8.78 Å². The van der Waals surface area contributed by atoms with Crippen molar-refractivity contribution in [1.82, 2.24) is 9.13 Å². The maximum absolute atomic E-state index is 16.4. The summed E-state index contributed by atoms with van der Waals surface area (Å²) in [7, 11) is 9.19. The zero-order valence-electron chi connectivity index (χ0n) is 64.4. The van der Waals surface area contributed by atoms with Crippen molar-refractivity contribution in [3.05, 3.63) is 207 Å². The van der Waals surface area contributed by atoms with Crippen LogP contribution in [0.3, 0.4) is 0 Å². The average molecular weight is 1490 g/mol. The zero-order chi connectivity index (χ0) is 70.2. The number of aromatic hydroxyl groups is 2. The van der Waals surface area contributed by atoms with Crippen LogP contribution in [0.1, 0.15) is 216 Å². The Hall–Kier alpha value is -6.71. The third kappa shape index (κ3) is 15.6. The van der Waals surface area contributed by atoms with E-state index < -0.39 is 11.6 Å². The van der Waals surface area contributed by atoms with Crippen LogP contribution in [-0.2, 0) is 67.1 Å². The van der Waals surface area contributed by atoms with Gasteiger partial charge in [0.1, 0.15) is 29.6 Å². The molecule has 98 heavy (non-hydrogen) atoms. The Kier molecular flexibility index (Phi) is 21.9. The number of hydrogen-bond acceptors (Lipinski definition) is 2. The summed E-state index contributed by atoms with van der Waals surface area (Å²) in [6.45, 7) is 53.8. The number of benzene rings is 8. The molecule has 0 aliphatic rings. The molecule has 2 aromatic heterocycles. The first-order valence-corrected chi connectivity index (χ1v) is 34.2. The summed E-state index contributed by atoms with van der Waals surface area (Å²) in [5.41, 5.74) is 13.8. The third-order valence-corrected chi connectivity index (χ3v) is 19.6. The Morgan fingerprint density at radius 3 is 0.878 bits per heavy atom. The van der Waals surface area contributed by atoms with Gasteiger partial charge in [-0.3, -0.25) is 0 Å². The van der Waals surface area contributed by atoms with Crippen molar-refractivity contribution < 1.29 is 53.6 Å². The number of rotatable bonds is 14. The topological polar surface area (TPSA) is 55.7 Å². The fraction of sp³-hybridized carbons (Fsp3) is 0.416. The molecule has 0 unspecified atom stereocenters. The Bertz CT molecular complexity index is 4190. The monoisotopic (exact) mass is 1490 g/mol. The van der Waals surface area contributed by atoms with Crippen LogP contribution in [0.15, 0.2) is 121 Å². The van der Waals surface area contributed by atoms with Gasteiger partial charge in [0.25, 0.3) is 0 Å². The molecule has 0 saturated carbocycles. The van der Waals surface area contributed by atoms with Crippen LogP contribution in [0.5, 0.6) is 23.0 Å². The summed E-state index contributed by atoms with van der Waals surface area (Å²) in [6, 6.07) is 41.3. The minimum atomic E-state index is -0.435. The van der Waals surface area contributed by atoms with Crippen LogP contribution in [0.25, 0.3) is 77.2 Å². The normalized spacial score (nSPS) is 12.9. The van der Waals surface area contributed by atoms with Crippen molar-refractivity contribution in [1.29, 1.82) is 0 Å². The fourth-order valence-corrected chi connectivity index (χ4v) is 15.3. The largest absolute Gasteiger partial charge is 0.711 e. The SMILES string of the molecule is [CH2-][O+](CCC[O+]([CH2-])c1c(C)cc(F)cc1-c1cc(C(C)(C)CC(C)(C)C)cc(-n2c3ccc(C(C)(C)C)cc3c3cc(C(C)(C)C)ccc32)c1O)c1c(C)cc(F)cc1-c1cc(C(C)(C)CC(C)(C)C)cc(-n2c3ccc(C(C)(C)C)cc3c3cc(C(C)(C)C)ccc32)c1O.[CH3-].[CH3-].[Hf]. The van der Waals surface area contributed by atoms with Crippen LogP contribution in [-0.4, -0.2) is 32.6 Å². The molecule has 0 aliphatic carbocycles. The second-order valence-corrected chi connectivity index (χ2v) is 35.6. The van der Waals surface area contributed by atoms with E-state index in [2.05, 4.69) is 281 Å². The van der Waals surface area contributed by atoms with Crippen molar-refractivity contribution in [2.24, 2.45) is 10.8 Å². The standard InChI is InChI=1S/C87H108F2N2O4.2CH3.Hf/c1-52-38-60(88)48-68(66-44-58(86(21,22)50-80(3,4)5)46-74(76(66)92)90-70-32-28-54(82(9,10)11)40-62(70)63-41-55(83(12,13)14)29-33-71(63)90)78(52)94(25)36-27-37-95(26)79-53(2)39-61(89)49-69(79)67-45-59(87(23,24)51-81(6,7)8)47-75(77(67)93)91-72-34-30-56(84(15,16)17)42-64(72)65-43-57(85(18,19)20)31-35-73(65)91;;;/h28-35,38-49,92-93H,25-27,36-37,50-51H2,1-24H3;2*1H3;/q;2*-1;. The van der Waals surface area contributed by atoms with E-state index in [1.54, 1.807) is 0 Å². The molecule has 0 saturated heterocycles. The van der Waals surface area contributed by atoms with Gasteiger partial charge in [0, 0.05) is 69.6 Å². The fourth-order valence-electron chi connectivity index (χ4n) is 15.3. The summed E-state index contributed by atoms with van der Waals surface area (Å²) >= 11 is 0. The molecule has 10 rings (SSSR count). The van der Waals surface area contributed by atoms with E-state index in [-0.39, 0.29) is 95.5 Å². The van der Waals surface area contributed by atoms with Gasteiger partial charge in [-0.2, -0.15) is 0 Å². The summed E-state index contributed by atoms with van der Waals surface area (Å²) in [5, 5.41) is 30.9. The van der Waals surface area contributed by atoms with Gasteiger partial charge in [-0.25, -0.2) is 8.78 Å². The van der Waals surface area contributed by atoms with Gasteiger partial charge in [-0.05, 0) is 215 Å². The van der Waals surface area contributed by atoms with E-state index in [0.717, 1.165) is 67.6 Å². The summed E-state index contributed by atoms with van der Waals surface area (Å²) in [4.78, 5) is 0. The van der Waals surface area contributed by atoms with Gasteiger partial charge in [0.15, 0.2) is 13.2 Å². The first kappa shape index (κ1) is 78.6. The maximum atomic E-state index is 16.4. The van der Waals surface area contributed by atoms with Crippen molar-refractivity contribution in [2.75, 3.05) is 13.2 Å². The molecule has 0 fully saturated rings. The van der Waals surface area contributed by atoms with E-state index >= 15 is 8.78 Å². The van der Waals surface area contributed by atoms with Gasteiger partial charge in [-0.1, -0.05) is 177 Å². The van der Waals surface area contributed by atoms with E-state index in [1.165, 1.54) is 46.5 Å². The molecule has 8 aromatic carbocycles. The Morgan fingerprint density at radius 1 is 0.367 bits per heavy atom. The summed E-state index contributed by atoms with van der Waals surface area (Å²) in [5.74, 6) is 0.387. The number of halogens is 2. The Balaban J connectivity index is 0.00000451. The second-order valence-electron chi connectivity index (χ2n) is 35.6. The molecule has 6 nitrogen and oxygen atoms in total. The molecule has 0 spiro atoms. The molecule has 9 heteroatoms. The first-order chi connectivity index (χ1) is 43.6. The zero-order valence-corrected chi connectivity index (χ0v) is 68.0. The van der Waals surface area contributed by atoms with E-state index in [9.17, 15) is 10.2 Å². The number of fused-ring (bicyclic) bond motifs is 6. The van der Waals surface area contributed by atoms with Crippen molar-refractivity contribution in [2.45, 2.75) is 218 Å². The van der Waals surface area contributed by atoms with E-state index in [0.29, 0.717) is 75.9 Å².